The van der Waals surface area contributed by atoms with Crippen molar-refractivity contribution in [2.75, 3.05) is 28.7 Å². The molecule has 3 N–H and O–H groups in total. The molecular formula is C22H24N8O3. The Balaban J connectivity index is 1.58. The highest BCUT2D eigenvalue weighted by Gasteiger charge is 2.16. The van der Waals surface area contributed by atoms with Crippen molar-refractivity contribution in [3.8, 4) is 5.75 Å². The van der Waals surface area contributed by atoms with Crippen LogP contribution in [0.15, 0.2) is 53.6 Å². The van der Waals surface area contributed by atoms with Gasteiger partial charge in [0, 0.05) is 36.5 Å². The van der Waals surface area contributed by atoms with E-state index in [2.05, 4.69) is 35.7 Å². The van der Waals surface area contributed by atoms with Crippen LogP contribution in [0.3, 0.4) is 0 Å². The number of nitro groups is 1. The van der Waals surface area contributed by atoms with E-state index in [0.29, 0.717) is 23.1 Å². The molecule has 1 aliphatic heterocycles. The number of para-hydroxylation sites is 1. The van der Waals surface area contributed by atoms with Gasteiger partial charge in [0.15, 0.2) is 0 Å². The van der Waals surface area contributed by atoms with E-state index in [9.17, 15) is 15.2 Å². The Morgan fingerprint density at radius 3 is 2.36 bits per heavy atom. The number of hydrazone groups is 1. The predicted molar refractivity (Wildman–Crippen MR) is 126 cm³/mol. The molecule has 2 aromatic carbocycles. The fraction of sp³-hybridized carbons (Fsp3) is 0.273. The molecule has 170 valence electrons. The van der Waals surface area contributed by atoms with Gasteiger partial charge < -0.3 is 15.3 Å². The minimum atomic E-state index is -0.450. The maximum Gasteiger partial charge on any atom is 0.269 e. The average molecular weight is 448 g/mol. The van der Waals surface area contributed by atoms with Gasteiger partial charge in [-0.1, -0.05) is 25.0 Å². The second kappa shape index (κ2) is 10.4. The SMILES string of the molecule is O=[N+]([O-])c1ccc(Nc2nc(NN=Cc3ccccc3O)nc(N3CCCCCC3)n2)cc1. The molecule has 0 atom stereocenters. The van der Waals surface area contributed by atoms with Gasteiger partial charge in [0.1, 0.15) is 5.75 Å². The average Bonchev–Trinajstić information content (AvgIpc) is 3.10. The first-order chi connectivity index (χ1) is 16.1. The van der Waals surface area contributed by atoms with E-state index in [4.69, 9.17) is 0 Å². The number of nitro benzene ring substituents is 1. The first-order valence-corrected chi connectivity index (χ1v) is 10.7. The Kier molecular flexibility index (Phi) is 6.88. The molecule has 0 bridgehead atoms. The number of nitrogens with zero attached hydrogens (tertiary/aromatic N) is 6. The monoisotopic (exact) mass is 448 g/mol. The largest absolute Gasteiger partial charge is 0.507 e. The van der Waals surface area contributed by atoms with Gasteiger partial charge in [-0.3, -0.25) is 10.1 Å². The van der Waals surface area contributed by atoms with Gasteiger partial charge >= 0.3 is 0 Å². The molecule has 4 rings (SSSR count). The van der Waals surface area contributed by atoms with E-state index in [-0.39, 0.29) is 17.4 Å². The van der Waals surface area contributed by atoms with Crippen molar-refractivity contribution >= 4 is 35.4 Å². The van der Waals surface area contributed by atoms with Crippen LogP contribution in [0.1, 0.15) is 31.2 Å². The normalized spacial score (nSPS) is 14.1. The maximum absolute atomic E-state index is 10.9. The lowest BCUT2D eigenvalue weighted by molar-refractivity contribution is -0.384. The Morgan fingerprint density at radius 2 is 1.67 bits per heavy atom. The highest BCUT2D eigenvalue weighted by molar-refractivity contribution is 5.83. The Bertz CT molecular complexity index is 1130. The molecule has 0 radical (unpaired) electrons. The minimum absolute atomic E-state index is 0.00214. The number of aromatic hydroxyl groups is 1. The smallest absolute Gasteiger partial charge is 0.269 e. The van der Waals surface area contributed by atoms with Crippen LogP contribution in [-0.2, 0) is 0 Å². The standard InChI is InChI=1S/C22H24N8O3/c31-19-8-4-3-7-16(19)15-23-28-21-25-20(24-17-9-11-18(12-10-17)30(32)33)26-22(27-21)29-13-5-1-2-6-14-29/h3-4,7-12,15,31H,1-2,5-6,13-14H2,(H2,24,25,26,27,28). The third kappa shape index (κ3) is 5.91. The zero-order valence-electron chi connectivity index (χ0n) is 17.9. The number of anilines is 4. The molecular weight excluding hydrogens is 424 g/mol. The number of hydrogen-bond donors (Lipinski definition) is 3. The molecule has 11 nitrogen and oxygen atoms in total. The Morgan fingerprint density at radius 1 is 0.970 bits per heavy atom. The van der Waals surface area contributed by atoms with Gasteiger partial charge in [0.05, 0.1) is 11.1 Å². The van der Waals surface area contributed by atoms with Gasteiger partial charge in [0.25, 0.3) is 5.69 Å². The third-order valence-corrected chi connectivity index (χ3v) is 5.15. The topological polar surface area (TPSA) is 142 Å². The van der Waals surface area contributed by atoms with Crippen LogP contribution in [0.25, 0.3) is 0 Å². The van der Waals surface area contributed by atoms with E-state index < -0.39 is 4.92 Å². The lowest BCUT2D eigenvalue weighted by Crippen LogP contribution is -2.26. The number of phenols is 1. The summed E-state index contributed by atoms with van der Waals surface area (Å²) in [6, 6.07) is 12.9. The molecule has 0 unspecified atom stereocenters. The molecule has 2 heterocycles. The first kappa shape index (κ1) is 21.9. The minimum Gasteiger partial charge on any atom is -0.507 e. The molecule has 0 spiro atoms. The van der Waals surface area contributed by atoms with Crippen molar-refractivity contribution in [2.24, 2.45) is 5.10 Å². The number of benzene rings is 2. The van der Waals surface area contributed by atoms with E-state index in [0.717, 1.165) is 25.9 Å². The lowest BCUT2D eigenvalue weighted by Gasteiger charge is -2.21. The second-order valence-corrected chi connectivity index (χ2v) is 7.54. The van der Waals surface area contributed by atoms with Crippen molar-refractivity contribution in [2.45, 2.75) is 25.7 Å². The second-order valence-electron chi connectivity index (χ2n) is 7.54. The van der Waals surface area contributed by atoms with Crippen molar-refractivity contribution < 1.29 is 10.0 Å². The molecule has 0 aliphatic carbocycles. The quantitative estimate of drug-likeness (QED) is 0.277. The van der Waals surface area contributed by atoms with Crippen molar-refractivity contribution in [1.82, 2.24) is 15.0 Å². The predicted octanol–water partition coefficient (Wildman–Crippen LogP) is 4.06. The fourth-order valence-corrected chi connectivity index (χ4v) is 3.43. The van der Waals surface area contributed by atoms with Gasteiger partial charge in [-0.25, -0.2) is 5.43 Å². The van der Waals surface area contributed by atoms with Crippen LogP contribution in [-0.4, -0.2) is 44.3 Å². The molecule has 1 aliphatic rings. The van der Waals surface area contributed by atoms with Crippen LogP contribution in [0.5, 0.6) is 5.75 Å². The van der Waals surface area contributed by atoms with Gasteiger partial charge in [-0.05, 0) is 37.1 Å². The molecule has 1 aromatic heterocycles. The van der Waals surface area contributed by atoms with Crippen LogP contribution in [0, 0.1) is 10.1 Å². The van der Waals surface area contributed by atoms with Crippen molar-refractivity contribution in [3.05, 3.63) is 64.2 Å². The van der Waals surface area contributed by atoms with Gasteiger partial charge in [-0.15, -0.1) is 0 Å². The summed E-state index contributed by atoms with van der Waals surface area (Å²) in [6.07, 6.45) is 5.95. The summed E-state index contributed by atoms with van der Waals surface area (Å²) in [7, 11) is 0. The summed E-state index contributed by atoms with van der Waals surface area (Å²) >= 11 is 0. The molecule has 3 aromatic rings. The molecule has 1 fully saturated rings. The van der Waals surface area contributed by atoms with Crippen LogP contribution in [0.2, 0.25) is 0 Å². The number of nitrogens with one attached hydrogen (secondary N) is 2. The summed E-state index contributed by atoms with van der Waals surface area (Å²) in [4.78, 5) is 26.0. The zero-order valence-corrected chi connectivity index (χ0v) is 17.9. The summed E-state index contributed by atoms with van der Waals surface area (Å²) in [5.41, 5.74) is 3.97. The number of aromatic nitrogens is 3. The van der Waals surface area contributed by atoms with Crippen LogP contribution < -0.4 is 15.6 Å². The third-order valence-electron chi connectivity index (χ3n) is 5.15. The summed E-state index contributed by atoms with van der Waals surface area (Å²) in [6.45, 7) is 1.70. The molecule has 0 amide bonds. The number of non-ortho nitro benzene ring substituents is 1. The van der Waals surface area contributed by atoms with E-state index in [1.54, 1.807) is 36.4 Å². The number of rotatable bonds is 7. The van der Waals surface area contributed by atoms with Crippen LogP contribution in [0.4, 0.5) is 29.2 Å². The maximum atomic E-state index is 10.9. The first-order valence-electron chi connectivity index (χ1n) is 10.7. The molecule has 0 saturated carbocycles. The summed E-state index contributed by atoms with van der Waals surface area (Å²) in [5, 5.41) is 28.0. The van der Waals surface area contributed by atoms with E-state index in [1.807, 2.05) is 0 Å². The fourth-order valence-electron chi connectivity index (χ4n) is 3.43. The Labute approximate surface area is 190 Å². The summed E-state index contributed by atoms with van der Waals surface area (Å²) < 4.78 is 0. The number of phenolic OH excluding ortho intramolecular Hbond substituents is 1. The Hall–Kier alpha value is -4.28. The lowest BCUT2D eigenvalue weighted by atomic mass is 10.2. The van der Waals surface area contributed by atoms with Crippen molar-refractivity contribution in [1.29, 1.82) is 0 Å². The number of hydrogen-bond acceptors (Lipinski definition) is 10. The molecule has 1 saturated heterocycles. The highest BCUT2D eigenvalue weighted by atomic mass is 16.6. The molecule has 11 heteroatoms. The zero-order chi connectivity index (χ0) is 23.0. The van der Waals surface area contributed by atoms with E-state index >= 15 is 0 Å². The van der Waals surface area contributed by atoms with E-state index in [1.165, 1.54) is 31.2 Å². The van der Waals surface area contributed by atoms with Gasteiger partial charge in [0.2, 0.25) is 17.8 Å². The summed E-state index contributed by atoms with van der Waals surface area (Å²) in [5.74, 6) is 1.17. The molecule has 33 heavy (non-hydrogen) atoms. The highest BCUT2D eigenvalue weighted by Crippen LogP contribution is 2.22. The van der Waals surface area contributed by atoms with Crippen molar-refractivity contribution in [3.63, 3.8) is 0 Å². The van der Waals surface area contributed by atoms with Gasteiger partial charge in [-0.2, -0.15) is 20.1 Å². The van der Waals surface area contributed by atoms with Crippen LogP contribution >= 0.6 is 0 Å².